The van der Waals surface area contributed by atoms with E-state index in [0.29, 0.717) is 0 Å². The summed E-state index contributed by atoms with van der Waals surface area (Å²) in [5.41, 5.74) is 1.46. The lowest BCUT2D eigenvalue weighted by Crippen LogP contribution is -2.66. The van der Waals surface area contributed by atoms with E-state index in [1.807, 2.05) is 74.5 Å². The molecule has 0 aromatic heterocycles. The van der Waals surface area contributed by atoms with Crippen molar-refractivity contribution in [3.8, 4) is 0 Å². The third-order valence-corrected chi connectivity index (χ3v) is 6.08. The summed E-state index contributed by atoms with van der Waals surface area (Å²) >= 11 is 0. The van der Waals surface area contributed by atoms with Gasteiger partial charge in [0.05, 0.1) is 12.0 Å². The number of carbonyl (C=O) groups is 3. The highest BCUT2D eigenvalue weighted by Gasteiger charge is 2.62. The van der Waals surface area contributed by atoms with E-state index < -0.39 is 29.6 Å². The Bertz CT molecular complexity index is 1060. The maximum atomic E-state index is 13.0. The third kappa shape index (κ3) is 4.62. The van der Waals surface area contributed by atoms with Crippen LogP contribution in [0.25, 0.3) is 0 Å². The van der Waals surface area contributed by atoms with Gasteiger partial charge in [0.2, 0.25) is 5.91 Å². The van der Waals surface area contributed by atoms with Gasteiger partial charge in [-0.05, 0) is 24.1 Å². The molecule has 3 atom stereocenters. The van der Waals surface area contributed by atoms with Gasteiger partial charge in [-0.3, -0.25) is 4.79 Å². The number of fused-ring (bicyclic) bond motifs is 1. The van der Waals surface area contributed by atoms with Gasteiger partial charge in [0.25, 0.3) is 0 Å². The number of hydrogen-bond acceptors (Lipinski definition) is 6. The summed E-state index contributed by atoms with van der Waals surface area (Å²) < 4.78 is 16.0. The van der Waals surface area contributed by atoms with E-state index >= 15 is 0 Å². The van der Waals surface area contributed by atoms with Gasteiger partial charge in [-0.25, -0.2) is 9.59 Å². The molecule has 33 heavy (non-hydrogen) atoms. The molecule has 0 spiro atoms. The lowest BCUT2D eigenvalue weighted by atomic mass is 9.71. The zero-order valence-electron chi connectivity index (χ0n) is 18.9. The number of ether oxygens (including phenoxy) is 3. The van der Waals surface area contributed by atoms with Gasteiger partial charge >= 0.3 is 12.1 Å². The number of carbonyl (C=O) groups excluding carboxylic acids is 3. The molecule has 2 aromatic carbocycles. The molecule has 0 aliphatic carbocycles. The van der Waals surface area contributed by atoms with Crippen LogP contribution >= 0.6 is 0 Å². The molecule has 0 bridgehead atoms. The summed E-state index contributed by atoms with van der Waals surface area (Å²) in [5.74, 6) is -1.38. The topological polar surface area (TPSA) is 82.1 Å². The van der Waals surface area contributed by atoms with Crippen LogP contribution in [0, 0.1) is 11.3 Å². The van der Waals surface area contributed by atoms with E-state index in [1.54, 1.807) is 13.0 Å². The molecule has 1 amide bonds. The molecule has 2 aliphatic heterocycles. The second-order valence-corrected chi connectivity index (χ2v) is 8.94. The fourth-order valence-electron chi connectivity index (χ4n) is 4.47. The van der Waals surface area contributed by atoms with E-state index in [9.17, 15) is 14.4 Å². The fourth-order valence-corrected chi connectivity index (χ4v) is 4.47. The molecular weight excluding hydrogens is 422 g/mol. The van der Waals surface area contributed by atoms with Crippen LogP contribution in [-0.2, 0) is 37.0 Å². The van der Waals surface area contributed by atoms with E-state index in [2.05, 4.69) is 0 Å². The number of nitrogens with zero attached hydrogens (tertiary/aromatic N) is 1. The smallest absolute Gasteiger partial charge is 0.456 e. The SMILES string of the molecule is CC(OC(=O)OCc1ccccc1)C1C(=O)N2C(C(=O)OCc3ccccc3)=CC(C)(C)C12. The fraction of sp³-hybridized carbons (Fsp3) is 0.346. The number of hydrogen-bond donors (Lipinski definition) is 0. The average molecular weight is 450 g/mol. The predicted molar refractivity (Wildman–Crippen MR) is 119 cm³/mol. The van der Waals surface area contributed by atoms with Gasteiger partial charge in [-0.15, -0.1) is 0 Å². The van der Waals surface area contributed by atoms with Crippen molar-refractivity contribution in [1.82, 2.24) is 4.90 Å². The summed E-state index contributed by atoms with van der Waals surface area (Å²) in [6.07, 6.45) is 0.238. The molecule has 2 aromatic rings. The van der Waals surface area contributed by atoms with E-state index in [4.69, 9.17) is 14.2 Å². The molecule has 2 aliphatic rings. The van der Waals surface area contributed by atoms with Crippen molar-refractivity contribution in [2.45, 2.75) is 46.1 Å². The zero-order chi connectivity index (χ0) is 23.6. The Hall–Kier alpha value is -3.61. The molecule has 0 N–H and O–H groups in total. The number of amides is 1. The Balaban J connectivity index is 1.35. The number of rotatable bonds is 7. The van der Waals surface area contributed by atoms with Crippen LogP contribution < -0.4 is 0 Å². The number of β-lactam (4-membered cyclic amide) rings is 1. The van der Waals surface area contributed by atoms with Gasteiger partial charge in [0.1, 0.15) is 25.0 Å². The summed E-state index contributed by atoms with van der Waals surface area (Å²) in [4.78, 5) is 39.3. The highest BCUT2D eigenvalue weighted by atomic mass is 16.7. The van der Waals surface area contributed by atoms with Gasteiger partial charge in [0.15, 0.2) is 0 Å². The minimum atomic E-state index is -0.830. The molecule has 1 saturated heterocycles. The zero-order valence-corrected chi connectivity index (χ0v) is 18.9. The van der Waals surface area contributed by atoms with Crippen LogP contribution in [0.2, 0.25) is 0 Å². The first-order chi connectivity index (χ1) is 15.8. The lowest BCUT2D eigenvalue weighted by Gasteiger charge is -2.50. The second kappa shape index (κ2) is 9.10. The Morgan fingerprint density at radius 1 is 0.939 bits per heavy atom. The summed E-state index contributed by atoms with van der Waals surface area (Å²) in [7, 11) is 0. The molecule has 7 heteroatoms. The van der Waals surface area contributed by atoms with Crippen molar-refractivity contribution in [3.63, 3.8) is 0 Å². The molecule has 2 heterocycles. The first kappa shape index (κ1) is 22.6. The van der Waals surface area contributed by atoms with Gasteiger partial charge in [-0.2, -0.15) is 0 Å². The van der Waals surface area contributed by atoms with Gasteiger partial charge in [0, 0.05) is 5.41 Å². The average Bonchev–Trinajstić information content (AvgIpc) is 3.04. The van der Waals surface area contributed by atoms with Crippen molar-refractivity contribution in [2.24, 2.45) is 11.3 Å². The Kier molecular flexibility index (Phi) is 6.22. The van der Waals surface area contributed by atoms with Gasteiger partial charge < -0.3 is 19.1 Å². The van der Waals surface area contributed by atoms with E-state index in [-0.39, 0.29) is 30.9 Å². The Labute approximate surface area is 192 Å². The molecule has 3 unspecified atom stereocenters. The summed E-state index contributed by atoms with van der Waals surface area (Å²) in [6, 6.07) is 18.3. The molecule has 0 radical (unpaired) electrons. The standard InChI is InChI=1S/C26H27NO6/c1-17(33-25(30)32-16-19-12-8-5-9-13-19)21-22-26(2,3)14-20(27(22)23(21)28)24(29)31-15-18-10-6-4-7-11-18/h4-14,17,21-22H,15-16H2,1-3H3. The first-order valence-corrected chi connectivity index (χ1v) is 10.9. The Morgan fingerprint density at radius 3 is 2.06 bits per heavy atom. The lowest BCUT2D eigenvalue weighted by molar-refractivity contribution is -0.168. The van der Waals surface area contributed by atoms with Crippen LogP contribution in [0.3, 0.4) is 0 Å². The first-order valence-electron chi connectivity index (χ1n) is 10.9. The third-order valence-electron chi connectivity index (χ3n) is 6.08. The maximum Gasteiger partial charge on any atom is 0.508 e. The predicted octanol–water partition coefficient (Wildman–Crippen LogP) is 4.22. The summed E-state index contributed by atoms with van der Waals surface area (Å²) in [6.45, 7) is 5.78. The van der Waals surface area contributed by atoms with Crippen LogP contribution in [0.4, 0.5) is 4.79 Å². The molecule has 172 valence electrons. The van der Waals surface area contributed by atoms with Crippen LogP contribution in [0.15, 0.2) is 72.4 Å². The van der Waals surface area contributed by atoms with E-state index in [1.165, 1.54) is 4.90 Å². The van der Waals surface area contributed by atoms with Gasteiger partial charge in [-0.1, -0.05) is 74.5 Å². The second-order valence-electron chi connectivity index (χ2n) is 8.94. The van der Waals surface area contributed by atoms with Crippen molar-refractivity contribution in [2.75, 3.05) is 0 Å². The van der Waals surface area contributed by atoms with Crippen LogP contribution in [0.1, 0.15) is 31.9 Å². The van der Waals surface area contributed by atoms with Crippen LogP contribution in [-0.4, -0.2) is 35.1 Å². The number of esters is 1. The largest absolute Gasteiger partial charge is 0.508 e. The maximum absolute atomic E-state index is 13.0. The molecular formula is C26H27NO6. The Morgan fingerprint density at radius 2 is 1.48 bits per heavy atom. The minimum absolute atomic E-state index is 0.0883. The van der Waals surface area contributed by atoms with E-state index in [0.717, 1.165) is 11.1 Å². The highest BCUT2D eigenvalue weighted by Crippen LogP contribution is 2.50. The summed E-state index contributed by atoms with van der Waals surface area (Å²) in [5, 5.41) is 0. The minimum Gasteiger partial charge on any atom is -0.456 e. The van der Waals surface area contributed by atoms with Crippen molar-refractivity contribution < 1.29 is 28.6 Å². The molecule has 1 fully saturated rings. The monoisotopic (exact) mass is 449 g/mol. The van der Waals surface area contributed by atoms with Crippen molar-refractivity contribution in [3.05, 3.63) is 83.6 Å². The van der Waals surface area contributed by atoms with Crippen molar-refractivity contribution in [1.29, 1.82) is 0 Å². The normalized spacial score (nSPS) is 21.4. The quantitative estimate of drug-likeness (QED) is 0.465. The van der Waals surface area contributed by atoms with Crippen molar-refractivity contribution >= 4 is 18.0 Å². The number of benzene rings is 2. The highest BCUT2D eigenvalue weighted by molar-refractivity contribution is 6.00. The molecule has 0 saturated carbocycles. The van der Waals surface area contributed by atoms with Crippen LogP contribution in [0.5, 0.6) is 0 Å². The molecule has 7 nitrogen and oxygen atoms in total. The molecule has 4 rings (SSSR count).